The third kappa shape index (κ3) is 1.91. The van der Waals surface area contributed by atoms with Gasteiger partial charge >= 0.3 is 0 Å². The second-order valence-electron chi connectivity index (χ2n) is 4.55. The van der Waals surface area contributed by atoms with Crippen LogP contribution in [-0.2, 0) is 6.54 Å². The van der Waals surface area contributed by atoms with E-state index in [1.54, 1.807) is 0 Å². The molecule has 0 saturated carbocycles. The molecule has 0 aliphatic heterocycles. The summed E-state index contributed by atoms with van der Waals surface area (Å²) in [6.45, 7) is 7.93. The third-order valence-corrected chi connectivity index (χ3v) is 3.27. The van der Waals surface area contributed by atoms with E-state index in [0.29, 0.717) is 0 Å². The summed E-state index contributed by atoms with van der Waals surface area (Å²) in [5, 5.41) is 8.31. The van der Waals surface area contributed by atoms with Crippen molar-refractivity contribution in [1.29, 1.82) is 0 Å². The summed E-state index contributed by atoms with van der Waals surface area (Å²) >= 11 is 0. The van der Waals surface area contributed by atoms with Crippen molar-refractivity contribution in [2.75, 3.05) is 0 Å². The molecule has 82 valence electrons. The van der Waals surface area contributed by atoms with Crippen molar-refractivity contribution < 1.29 is 0 Å². The SMILES string of the molecule is CCC(Cn1ccc2cn[nH]c21)C(C)C. The first kappa shape index (κ1) is 10.3. The lowest BCUT2D eigenvalue weighted by molar-refractivity contribution is 0.328. The molecule has 0 fully saturated rings. The smallest absolute Gasteiger partial charge is 0.135 e. The zero-order valence-electron chi connectivity index (χ0n) is 9.70. The molecule has 1 unspecified atom stereocenters. The predicted octanol–water partition coefficient (Wildman–Crippen LogP) is 3.05. The van der Waals surface area contributed by atoms with Crippen LogP contribution in [0.2, 0.25) is 0 Å². The standard InChI is InChI=1S/C12H19N3/c1-4-10(9(2)3)8-15-6-5-11-7-13-14-12(11)15/h5-7,9-10H,4,8H2,1-3H3,(H,13,14). The van der Waals surface area contributed by atoms with Crippen molar-refractivity contribution in [3.63, 3.8) is 0 Å². The van der Waals surface area contributed by atoms with Crippen molar-refractivity contribution >= 4 is 11.0 Å². The molecular weight excluding hydrogens is 186 g/mol. The van der Waals surface area contributed by atoms with Crippen molar-refractivity contribution in [1.82, 2.24) is 14.8 Å². The van der Waals surface area contributed by atoms with E-state index in [-0.39, 0.29) is 0 Å². The van der Waals surface area contributed by atoms with Crippen LogP contribution in [-0.4, -0.2) is 14.8 Å². The van der Waals surface area contributed by atoms with Crippen LogP contribution < -0.4 is 0 Å². The minimum absolute atomic E-state index is 0.732. The summed E-state index contributed by atoms with van der Waals surface area (Å²) in [5.41, 5.74) is 1.15. The lowest BCUT2D eigenvalue weighted by Crippen LogP contribution is -2.15. The Morgan fingerprint density at radius 1 is 1.47 bits per heavy atom. The molecule has 1 N–H and O–H groups in total. The molecule has 0 amide bonds. The van der Waals surface area contributed by atoms with Crippen LogP contribution >= 0.6 is 0 Å². The number of rotatable bonds is 4. The topological polar surface area (TPSA) is 33.6 Å². The third-order valence-electron chi connectivity index (χ3n) is 3.27. The molecule has 0 saturated heterocycles. The molecule has 3 nitrogen and oxygen atoms in total. The van der Waals surface area contributed by atoms with Gasteiger partial charge in [0.05, 0.1) is 6.20 Å². The van der Waals surface area contributed by atoms with E-state index in [2.05, 4.69) is 47.8 Å². The zero-order valence-corrected chi connectivity index (χ0v) is 9.70. The van der Waals surface area contributed by atoms with E-state index in [4.69, 9.17) is 0 Å². The Bertz CT molecular complexity index is 425. The van der Waals surface area contributed by atoms with E-state index in [9.17, 15) is 0 Å². The van der Waals surface area contributed by atoms with Crippen LogP contribution in [0.3, 0.4) is 0 Å². The molecule has 15 heavy (non-hydrogen) atoms. The number of H-pyrrole nitrogens is 1. The molecule has 3 heteroatoms. The maximum absolute atomic E-state index is 4.05. The first-order valence-electron chi connectivity index (χ1n) is 5.70. The Kier molecular flexibility index (Phi) is 2.80. The van der Waals surface area contributed by atoms with Crippen molar-refractivity contribution in [2.45, 2.75) is 33.7 Å². The quantitative estimate of drug-likeness (QED) is 0.817. The summed E-state index contributed by atoms with van der Waals surface area (Å²) in [6.07, 6.45) is 5.25. The zero-order chi connectivity index (χ0) is 10.8. The van der Waals surface area contributed by atoms with Gasteiger partial charge in [0.25, 0.3) is 0 Å². The van der Waals surface area contributed by atoms with Gasteiger partial charge < -0.3 is 4.57 Å². The second kappa shape index (κ2) is 4.09. The lowest BCUT2D eigenvalue weighted by atomic mass is 9.93. The van der Waals surface area contributed by atoms with Crippen LogP contribution in [0.1, 0.15) is 27.2 Å². The summed E-state index contributed by atoms with van der Waals surface area (Å²) < 4.78 is 2.27. The monoisotopic (exact) mass is 205 g/mol. The molecule has 1 atom stereocenters. The molecule has 0 aliphatic rings. The van der Waals surface area contributed by atoms with E-state index in [1.807, 2.05) is 6.20 Å². The van der Waals surface area contributed by atoms with Gasteiger partial charge in [-0.15, -0.1) is 0 Å². The van der Waals surface area contributed by atoms with Gasteiger partial charge in [-0.25, -0.2) is 0 Å². The fraction of sp³-hybridized carbons (Fsp3) is 0.583. The molecular formula is C12H19N3. The van der Waals surface area contributed by atoms with Gasteiger partial charge in [-0.3, -0.25) is 5.10 Å². The first-order chi connectivity index (χ1) is 7.22. The van der Waals surface area contributed by atoms with Gasteiger partial charge in [-0.05, 0) is 17.9 Å². The fourth-order valence-electron chi connectivity index (χ4n) is 2.10. The van der Waals surface area contributed by atoms with Crippen molar-refractivity contribution in [3.05, 3.63) is 18.5 Å². The van der Waals surface area contributed by atoms with Crippen molar-refractivity contribution in [2.24, 2.45) is 11.8 Å². The summed E-state index contributed by atoms with van der Waals surface area (Å²) in [7, 11) is 0. The summed E-state index contributed by atoms with van der Waals surface area (Å²) in [5.74, 6) is 1.47. The Labute approximate surface area is 90.5 Å². The van der Waals surface area contributed by atoms with Gasteiger partial charge in [0, 0.05) is 18.1 Å². The van der Waals surface area contributed by atoms with E-state index >= 15 is 0 Å². The number of nitrogens with one attached hydrogen (secondary N) is 1. The van der Waals surface area contributed by atoms with E-state index in [0.717, 1.165) is 24.0 Å². The molecule has 2 rings (SSSR count). The van der Waals surface area contributed by atoms with Gasteiger partial charge in [0.15, 0.2) is 0 Å². The van der Waals surface area contributed by atoms with Gasteiger partial charge in [0.2, 0.25) is 0 Å². The lowest BCUT2D eigenvalue weighted by Gasteiger charge is -2.19. The number of fused-ring (bicyclic) bond motifs is 1. The number of nitrogens with zero attached hydrogens (tertiary/aromatic N) is 2. The molecule has 0 aromatic carbocycles. The molecule has 0 spiro atoms. The van der Waals surface area contributed by atoms with Gasteiger partial charge in [0.1, 0.15) is 5.65 Å². The first-order valence-corrected chi connectivity index (χ1v) is 5.70. The fourth-order valence-corrected chi connectivity index (χ4v) is 2.10. The molecule has 2 heterocycles. The maximum Gasteiger partial charge on any atom is 0.135 e. The molecule has 2 aromatic heterocycles. The highest BCUT2D eigenvalue weighted by molar-refractivity contribution is 5.75. The van der Waals surface area contributed by atoms with Crippen LogP contribution in [0.25, 0.3) is 11.0 Å². The summed E-state index contributed by atoms with van der Waals surface area (Å²) in [6, 6.07) is 2.12. The maximum atomic E-state index is 4.05. The van der Waals surface area contributed by atoms with E-state index < -0.39 is 0 Å². The van der Waals surface area contributed by atoms with Crippen LogP contribution in [0.15, 0.2) is 18.5 Å². The minimum Gasteiger partial charge on any atom is -0.333 e. The van der Waals surface area contributed by atoms with Crippen molar-refractivity contribution in [3.8, 4) is 0 Å². The Hall–Kier alpha value is -1.25. The highest BCUT2D eigenvalue weighted by atomic mass is 15.2. The molecule has 2 aromatic rings. The molecule has 0 aliphatic carbocycles. The highest BCUT2D eigenvalue weighted by Crippen LogP contribution is 2.20. The molecule has 0 bridgehead atoms. The average molecular weight is 205 g/mol. The predicted molar refractivity (Wildman–Crippen MR) is 62.7 cm³/mol. The molecule has 0 radical (unpaired) electrons. The second-order valence-corrected chi connectivity index (χ2v) is 4.55. The number of aromatic amines is 1. The Morgan fingerprint density at radius 3 is 2.93 bits per heavy atom. The summed E-state index contributed by atoms with van der Waals surface area (Å²) in [4.78, 5) is 0. The average Bonchev–Trinajstić information content (AvgIpc) is 2.76. The Balaban J connectivity index is 2.21. The van der Waals surface area contributed by atoms with Crippen LogP contribution in [0.5, 0.6) is 0 Å². The van der Waals surface area contributed by atoms with Crippen LogP contribution in [0, 0.1) is 11.8 Å². The minimum atomic E-state index is 0.732. The highest BCUT2D eigenvalue weighted by Gasteiger charge is 2.13. The largest absolute Gasteiger partial charge is 0.333 e. The number of hydrogen-bond acceptors (Lipinski definition) is 1. The Morgan fingerprint density at radius 2 is 2.27 bits per heavy atom. The number of aromatic nitrogens is 3. The van der Waals surface area contributed by atoms with E-state index in [1.165, 1.54) is 11.8 Å². The normalized spacial score (nSPS) is 13.9. The van der Waals surface area contributed by atoms with Gasteiger partial charge in [-0.2, -0.15) is 5.10 Å². The van der Waals surface area contributed by atoms with Crippen LogP contribution in [0.4, 0.5) is 0 Å². The van der Waals surface area contributed by atoms with Gasteiger partial charge in [-0.1, -0.05) is 27.2 Å². The number of hydrogen-bond donors (Lipinski definition) is 1.